The quantitative estimate of drug-likeness (QED) is 0.816. The number of imide groups is 1. The van der Waals surface area contributed by atoms with E-state index in [1.807, 2.05) is 30.3 Å². The second kappa shape index (κ2) is 3.83. The van der Waals surface area contributed by atoms with Crippen molar-refractivity contribution in [1.29, 1.82) is 0 Å². The molecule has 4 nitrogen and oxygen atoms in total. The number of carbonyl (C=O) groups excluding carboxylic acids is 2. The molecule has 1 aromatic rings. The van der Waals surface area contributed by atoms with E-state index >= 15 is 0 Å². The van der Waals surface area contributed by atoms with Crippen LogP contribution in [-0.4, -0.2) is 22.9 Å². The fourth-order valence-corrected chi connectivity index (χ4v) is 3.69. The Balaban J connectivity index is 1.43. The van der Waals surface area contributed by atoms with Gasteiger partial charge in [-0.1, -0.05) is 30.3 Å². The minimum Gasteiger partial charge on any atom is -0.444 e. The van der Waals surface area contributed by atoms with Gasteiger partial charge in [0.25, 0.3) is 0 Å². The monoisotopic (exact) mass is 257 g/mol. The molecule has 19 heavy (non-hydrogen) atoms. The molecule has 1 aromatic carbocycles. The van der Waals surface area contributed by atoms with Gasteiger partial charge in [0.1, 0.15) is 6.61 Å². The van der Waals surface area contributed by atoms with Gasteiger partial charge in [-0.15, -0.1) is 0 Å². The van der Waals surface area contributed by atoms with Gasteiger partial charge in [0.05, 0.1) is 0 Å². The van der Waals surface area contributed by atoms with Crippen LogP contribution < -0.4 is 0 Å². The van der Waals surface area contributed by atoms with Crippen LogP contribution in [0.4, 0.5) is 4.79 Å². The number of hydrogen-bond donors (Lipinski definition) is 0. The number of ether oxygens (including phenoxy) is 1. The van der Waals surface area contributed by atoms with Crippen LogP contribution in [0.3, 0.4) is 0 Å². The van der Waals surface area contributed by atoms with E-state index in [1.54, 1.807) is 0 Å². The molecule has 0 spiro atoms. The average Bonchev–Trinajstić information content (AvgIpc) is 3.07. The Bertz CT molecular complexity index is 542. The third kappa shape index (κ3) is 1.59. The minimum absolute atomic E-state index is 0.0122. The summed E-state index contributed by atoms with van der Waals surface area (Å²) >= 11 is 0. The van der Waals surface area contributed by atoms with Gasteiger partial charge in [-0.05, 0) is 30.2 Å². The maximum atomic E-state index is 12.1. The molecule has 1 aliphatic heterocycles. The van der Waals surface area contributed by atoms with E-state index < -0.39 is 6.09 Å². The maximum Gasteiger partial charge on any atom is 0.417 e. The molecule has 98 valence electrons. The first-order valence-corrected chi connectivity index (χ1v) is 6.79. The maximum absolute atomic E-state index is 12.1. The predicted molar refractivity (Wildman–Crippen MR) is 67.0 cm³/mol. The summed E-state index contributed by atoms with van der Waals surface area (Å²) in [4.78, 5) is 25.5. The molecule has 2 aliphatic carbocycles. The van der Waals surface area contributed by atoms with Gasteiger partial charge in [-0.25, -0.2) is 9.69 Å². The number of carbonyl (C=O) groups is 2. The number of fused-ring (bicyclic) bond motifs is 5. The first kappa shape index (κ1) is 11.0. The van der Waals surface area contributed by atoms with Gasteiger partial charge >= 0.3 is 6.09 Å². The van der Waals surface area contributed by atoms with Gasteiger partial charge in [0.2, 0.25) is 5.91 Å². The largest absolute Gasteiger partial charge is 0.444 e. The van der Waals surface area contributed by atoms with Crippen LogP contribution in [0.15, 0.2) is 30.3 Å². The molecule has 1 saturated heterocycles. The van der Waals surface area contributed by atoms with Crippen molar-refractivity contribution in [2.75, 3.05) is 0 Å². The van der Waals surface area contributed by atoms with E-state index in [0.29, 0.717) is 11.8 Å². The van der Waals surface area contributed by atoms with Gasteiger partial charge < -0.3 is 4.74 Å². The highest BCUT2D eigenvalue weighted by Gasteiger charge is 2.66. The Labute approximate surface area is 111 Å². The number of likely N-dealkylation sites (tertiary alicyclic amines) is 1. The lowest BCUT2D eigenvalue weighted by Crippen LogP contribution is -2.43. The highest BCUT2D eigenvalue weighted by molar-refractivity contribution is 5.97. The molecule has 0 radical (unpaired) electrons. The third-order valence-electron chi connectivity index (χ3n) is 4.69. The highest BCUT2D eigenvalue weighted by atomic mass is 16.6. The number of rotatable bonds is 2. The summed E-state index contributed by atoms with van der Waals surface area (Å²) < 4.78 is 5.27. The molecule has 2 amide bonds. The Morgan fingerprint density at radius 3 is 2.74 bits per heavy atom. The number of nitrogens with zero attached hydrogens (tertiary/aromatic N) is 1. The lowest BCUT2D eigenvalue weighted by molar-refractivity contribution is -0.132. The van der Waals surface area contributed by atoms with Crippen LogP contribution in [0, 0.1) is 17.8 Å². The van der Waals surface area contributed by atoms with Crippen molar-refractivity contribution in [3.63, 3.8) is 0 Å². The molecule has 4 rings (SSSR count). The van der Waals surface area contributed by atoms with E-state index in [-0.39, 0.29) is 24.5 Å². The standard InChI is InChI=1S/C15H15NO3/c17-14-12-7-13(11-6-10(11)12)16(14)15(18)19-8-9-4-2-1-3-5-9/h1-5,10-13H,6-8H2/t10-,11+,12-,13+/m1/s1. The molecule has 0 N–H and O–H groups in total. The smallest absolute Gasteiger partial charge is 0.417 e. The molecule has 1 heterocycles. The normalized spacial score (nSPS) is 34.3. The van der Waals surface area contributed by atoms with Crippen molar-refractivity contribution < 1.29 is 14.3 Å². The summed E-state index contributed by atoms with van der Waals surface area (Å²) in [5.41, 5.74) is 0.942. The van der Waals surface area contributed by atoms with Crippen molar-refractivity contribution in [1.82, 2.24) is 4.90 Å². The number of piperidine rings is 1. The van der Waals surface area contributed by atoms with Crippen molar-refractivity contribution in [2.24, 2.45) is 17.8 Å². The molecule has 2 saturated carbocycles. The average molecular weight is 257 g/mol. The topological polar surface area (TPSA) is 46.6 Å². The molecule has 4 atom stereocenters. The lowest BCUT2D eigenvalue weighted by Gasteiger charge is -2.24. The third-order valence-corrected chi connectivity index (χ3v) is 4.69. The van der Waals surface area contributed by atoms with Gasteiger partial charge in [-0.2, -0.15) is 0 Å². The molecule has 3 fully saturated rings. The molecule has 0 unspecified atom stereocenters. The number of hydrogen-bond acceptors (Lipinski definition) is 3. The summed E-state index contributed by atoms with van der Waals surface area (Å²) in [5, 5.41) is 0. The SMILES string of the molecule is O=C(OCc1ccccc1)N1C(=O)[C@@H]2C[C@H]1[C@H]1C[C@H]12. The van der Waals surface area contributed by atoms with Gasteiger partial charge in [-0.3, -0.25) is 4.79 Å². The Morgan fingerprint density at radius 1 is 1.21 bits per heavy atom. The van der Waals surface area contributed by atoms with Crippen LogP contribution >= 0.6 is 0 Å². The van der Waals surface area contributed by atoms with Crippen molar-refractivity contribution in [2.45, 2.75) is 25.5 Å². The van der Waals surface area contributed by atoms with E-state index in [0.717, 1.165) is 18.4 Å². The van der Waals surface area contributed by atoms with Crippen molar-refractivity contribution in [3.8, 4) is 0 Å². The minimum atomic E-state index is -0.466. The van der Waals surface area contributed by atoms with E-state index in [9.17, 15) is 9.59 Å². The molecule has 3 aliphatic rings. The summed E-state index contributed by atoms with van der Waals surface area (Å²) in [6, 6.07) is 9.65. The molecule has 0 aromatic heterocycles. The van der Waals surface area contributed by atoms with Crippen LogP contribution in [0.2, 0.25) is 0 Å². The Kier molecular flexibility index (Phi) is 2.22. The fourth-order valence-electron chi connectivity index (χ4n) is 3.69. The molecule has 4 heteroatoms. The second-order valence-electron chi connectivity index (χ2n) is 5.72. The predicted octanol–water partition coefficient (Wildman–Crippen LogP) is 2.19. The van der Waals surface area contributed by atoms with Crippen LogP contribution in [0.5, 0.6) is 0 Å². The number of benzene rings is 1. The highest BCUT2D eigenvalue weighted by Crippen LogP contribution is 2.61. The first-order valence-electron chi connectivity index (χ1n) is 6.79. The second-order valence-corrected chi connectivity index (χ2v) is 5.72. The van der Waals surface area contributed by atoms with Crippen molar-refractivity contribution in [3.05, 3.63) is 35.9 Å². The van der Waals surface area contributed by atoms with Crippen molar-refractivity contribution >= 4 is 12.0 Å². The van der Waals surface area contributed by atoms with Crippen LogP contribution in [-0.2, 0) is 16.1 Å². The molecule has 2 bridgehead atoms. The summed E-state index contributed by atoms with van der Waals surface area (Å²) in [6.45, 7) is 0.231. The lowest BCUT2D eigenvalue weighted by atomic mass is 10.1. The zero-order valence-electron chi connectivity index (χ0n) is 10.5. The zero-order valence-corrected chi connectivity index (χ0v) is 10.5. The Hall–Kier alpha value is -1.84. The van der Waals surface area contributed by atoms with Gasteiger partial charge in [0, 0.05) is 12.0 Å². The Morgan fingerprint density at radius 2 is 2.00 bits per heavy atom. The van der Waals surface area contributed by atoms with E-state index in [4.69, 9.17) is 4.74 Å². The summed E-state index contributed by atoms with van der Waals surface area (Å²) in [6.07, 6.45) is 1.50. The fraction of sp³-hybridized carbons (Fsp3) is 0.467. The molecular weight excluding hydrogens is 242 g/mol. The van der Waals surface area contributed by atoms with Crippen LogP contribution in [0.1, 0.15) is 18.4 Å². The summed E-state index contributed by atoms with van der Waals surface area (Å²) in [7, 11) is 0. The van der Waals surface area contributed by atoms with E-state index in [2.05, 4.69) is 0 Å². The molecular formula is C15H15NO3. The van der Waals surface area contributed by atoms with Gasteiger partial charge in [0.15, 0.2) is 0 Å². The van der Waals surface area contributed by atoms with Crippen LogP contribution in [0.25, 0.3) is 0 Å². The zero-order chi connectivity index (χ0) is 13.0. The first-order chi connectivity index (χ1) is 9.25. The summed E-state index contributed by atoms with van der Waals surface area (Å²) in [5.74, 6) is 1.21. The van der Waals surface area contributed by atoms with E-state index in [1.165, 1.54) is 4.90 Å². The number of amides is 2.